The van der Waals surface area contributed by atoms with Gasteiger partial charge in [0.15, 0.2) is 5.75 Å². The lowest BCUT2D eigenvalue weighted by molar-refractivity contribution is 0.151. The molecule has 0 aromatic carbocycles. The Bertz CT molecular complexity index is 444. The van der Waals surface area contributed by atoms with Gasteiger partial charge in [-0.25, -0.2) is 0 Å². The summed E-state index contributed by atoms with van der Waals surface area (Å²) in [5.41, 5.74) is 5.60. The Kier molecular flexibility index (Phi) is 3.49. The van der Waals surface area contributed by atoms with Gasteiger partial charge >= 0.3 is 0 Å². The molecule has 2 atom stereocenters. The molecular weight excluding hydrogens is 220 g/mol. The van der Waals surface area contributed by atoms with E-state index in [9.17, 15) is 4.79 Å². The second-order valence-corrected chi connectivity index (χ2v) is 4.76. The maximum atomic E-state index is 11.2. The number of nitrogens with two attached hydrogens (primary N) is 1. The highest BCUT2D eigenvalue weighted by Gasteiger charge is 2.23. The number of hydrogen-bond acceptors (Lipinski definition) is 5. The first-order valence-electron chi connectivity index (χ1n) is 5.85. The van der Waals surface area contributed by atoms with Crippen LogP contribution in [0.3, 0.4) is 0 Å². The van der Waals surface area contributed by atoms with Gasteiger partial charge in [-0.15, -0.1) is 0 Å². The number of likely N-dealkylation sites (tertiary alicyclic amines) is 1. The summed E-state index contributed by atoms with van der Waals surface area (Å²) in [5.74, 6) is 0.755. The molecule has 0 aliphatic carbocycles. The first-order valence-corrected chi connectivity index (χ1v) is 5.85. The molecule has 1 aromatic heterocycles. The molecular formula is C12H18N2O3. The molecule has 94 valence electrons. The molecule has 0 spiro atoms. The molecule has 0 saturated carbocycles. The molecule has 0 amide bonds. The first-order chi connectivity index (χ1) is 8.06. The van der Waals surface area contributed by atoms with E-state index in [4.69, 9.17) is 15.3 Å². The van der Waals surface area contributed by atoms with Crippen LogP contribution in [0.2, 0.25) is 0 Å². The molecule has 1 fully saturated rings. The monoisotopic (exact) mass is 238 g/mol. The molecule has 2 rings (SSSR count). The SMILES string of the molecule is CC1CCN(Cc2cc(=O)c(O)co2)CC1N. The normalized spacial score (nSPS) is 26.0. The minimum atomic E-state index is -0.402. The first kappa shape index (κ1) is 12.1. The molecule has 2 unspecified atom stereocenters. The van der Waals surface area contributed by atoms with E-state index in [0.717, 1.165) is 25.8 Å². The van der Waals surface area contributed by atoms with E-state index in [-0.39, 0.29) is 11.8 Å². The maximum Gasteiger partial charge on any atom is 0.226 e. The molecule has 0 radical (unpaired) electrons. The standard InChI is InChI=1S/C12H18N2O3/c1-8-2-3-14(6-10(8)13)5-9-4-11(15)12(16)7-17-9/h4,7-8,10,16H,2-3,5-6,13H2,1H3. The fourth-order valence-electron chi connectivity index (χ4n) is 2.06. The van der Waals surface area contributed by atoms with Gasteiger partial charge in [0.2, 0.25) is 5.43 Å². The Balaban J connectivity index is 2.01. The van der Waals surface area contributed by atoms with Gasteiger partial charge in [-0.3, -0.25) is 9.69 Å². The van der Waals surface area contributed by atoms with Gasteiger partial charge in [-0.1, -0.05) is 6.92 Å². The summed E-state index contributed by atoms with van der Waals surface area (Å²) < 4.78 is 5.17. The number of rotatable bonds is 2. The zero-order valence-corrected chi connectivity index (χ0v) is 9.93. The second kappa shape index (κ2) is 4.89. The molecule has 0 bridgehead atoms. The summed E-state index contributed by atoms with van der Waals surface area (Å²) in [7, 11) is 0. The molecule has 17 heavy (non-hydrogen) atoms. The van der Waals surface area contributed by atoms with Gasteiger partial charge in [0.05, 0.1) is 6.54 Å². The zero-order chi connectivity index (χ0) is 12.4. The lowest BCUT2D eigenvalue weighted by Gasteiger charge is -2.34. The van der Waals surface area contributed by atoms with Crippen molar-refractivity contribution in [1.82, 2.24) is 4.90 Å². The Morgan fingerprint density at radius 3 is 3.06 bits per heavy atom. The number of nitrogens with zero attached hydrogens (tertiary/aromatic N) is 1. The van der Waals surface area contributed by atoms with Gasteiger partial charge in [0, 0.05) is 18.7 Å². The topological polar surface area (TPSA) is 79.7 Å². The quantitative estimate of drug-likeness (QED) is 0.785. The third-order valence-electron chi connectivity index (χ3n) is 3.35. The highest BCUT2D eigenvalue weighted by atomic mass is 16.4. The van der Waals surface area contributed by atoms with Crippen molar-refractivity contribution >= 4 is 0 Å². The molecule has 1 aromatic rings. The van der Waals surface area contributed by atoms with Crippen LogP contribution in [-0.4, -0.2) is 29.1 Å². The minimum absolute atomic E-state index is 0.174. The third-order valence-corrected chi connectivity index (χ3v) is 3.35. The fraction of sp³-hybridized carbons (Fsp3) is 0.583. The van der Waals surface area contributed by atoms with E-state index >= 15 is 0 Å². The third kappa shape index (κ3) is 2.87. The Morgan fingerprint density at radius 2 is 2.41 bits per heavy atom. The van der Waals surface area contributed by atoms with Crippen molar-refractivity contribution in [1.29, 1.82) is 0 Å². The maximum absolute atomic E-state index is 11.2. The van der Waals surface area contributed by atoms with Crippen LogP contribution in [0.1, 0.15) is 19.1 Å². The largest absolute Gasteiger partial charge is 0.502 e. The van der Waals surface area contributed by atoms with Crippen molar-refractivity contribution in [2.75, 3.05) is 13.1 Å². The predicted molar refractivity (Wildman–Crippen MR) is 63.7 cm³/mol. The Morgan fingerprint density at radius 1 is 1.65 bits per heavy atom. The van der Waals surface area contributed by atoms with Gasteiger partial charge in [0.1, 0.15) is 12.0 Å². The van der Waals surface area contributed by atoms with Crippen LogP contribution >= 0.6 is 0 Å². The lowest BCUT2D eigenvalue weighted by atomic mass is 9.94. The van der Waals surface area contributed by atoms with Crippen LogP contribution < -0.4 is 11.2 Å². The van der Waals surface area contributed by atoms with E-state index < -0.39 is 5.43 Å². The number of aromatic hydroxyl groups is 1. The fourth-order valence-corrected chi connectivity index (χ4v) is 2.06. The van der Waals surface area contributed by atoms with Crippen molar-refractivity contribution in [3.05, 3.63) is 28.3 Å². The predicted octanol–water partition coefficient (Wildman–Crippen LogP) is 0.515. The average Bonchev–Trinajstić information content (AvgIpc) is 2.29. The van der Waals surface area contributed by atoms with Crippen LogP contribution in [0, 0.1) is 5.92 Å². The van der Waals surface area contributed by atoms with E-state index in [1.807, 2.05) is 0 Å². The molecule has 5 nitrogen and oxygen atoms in total. The van der Waals surface area contributed by atoms with E-state index in [1.54, 1.807) is 0 Å². The van der Waals surface area contributed by atoms with Crippen LogP contribution in [0.5, 0.6) is 5.75 Å². The summed E-state index contributed by atoms with van der Waals surface area (Å²) in [4.78, 5) is 13.4. The minimum Gasteiger partial charge on any atom is -0.502 e. The summed E-state index contributed by atoms with van der Waals surface area (Å²) in [6, 6.07) is 1.51. The lowest BCUT2D eigenvalue weighted by Crippen LogP contribution is -2.47. The molecule has 1 saturated heterocycles. The summed E-state index contributed by atoms with van der Waals surface area (Å²) in [5, 5.41) is 9.09. The second-order valence-electron chi connectivity index (χ2n) is 4.76. The van der Waals surface area contributed by atoms with Crippen LogP contribution in [0.15, 0.2) is 21.5 Å². The number of piperidine rings is 1. The van der Waals surface area contributed by atoms with Crippen molar-refractivity contribution in [2.45, 2.75) is 25.9 Å². The summed E-state index contributed by atoms with van der Waals surface area (Å²) in [6.07, 6.45) is 2.15. The smallest absolute Gasteiger partial charge is 0.226 e. The van der Waals surface area contributed by atoms with E-state index in [2.05, 4.69) is 11.8 Å². The van der Waals surface area contributed by atoms with E-state index in [1.165, 1.54) is 6.07 Å². The Labute approximate surface area is 99.8 Å². The van der Waals surface area contributed by atoms with Crippen molar-refractivity contribution in [2.24, 2.45) is 11.7 Å². The van der Waals surface area contributed by atoms with Gasteiger partial charge in [-0.05, 0) is 18.9 Å². The van der Waals surface area contributed by atoms with Crippen molar-refractivity contribution in [3.8, 4) is 5.75 Å². The van der Waals surface area contributed by atoms with Crippen LogP contribution in [0.4, 0.5) is 0 Å². The van der Waals surface area contributed by atoms with E-state index in [0.29, 0.717) is 18.2 Å². The Hall–Kier alpha value is -1.33. The summed E-state index contributed by atoms with van der Waals surface area (Å²) >= 11 is 0. The summed E-state index contributed by atoms with van der Waals surface area (Å²) in [6.45, 7) is 4.49. The van der Waals surface area contributed by atoms with Gasteiger partial charge < -0.3 is 15.3 Å². The number of hydrogen-bond donors (Lipinski definition) is 2. The van der Waals surface area contributed by atoms with Crippen molar-refractivity contribution < 1.29 is 9.52 Å². The van der Waals surface area contributed by atoms with Gasteiger partial charge in [0.25, 0.3) is 0 Å². The average molecular weight is 238 g/mol. The molecule has 5 heteroatoms. The highest BCUT2D eigenvalue weighted by molar-refractivity contribution is 5.15. The highest BCUT2D eigenvalue weighted by Crippen LogP contribution is 2.17. The van der Waals surface area contributed by atoms with Crippen molar-refractivity contribution in [3.63, 3.8) is 0 Å². The molecule has 1 aliphatic rings. The molecule has 1 aliphatic heterocycles. The van der Waals surface area contributed by atoms with Crippen LogP contribution in [-0.2, 0) is 6.54 Å². The molecule has 2 heterocycles. The molecule has 3 N–H and O–H groups in total. The van der Waals surface area contributed by atoms with Crippen LogP contribution in [0.25, 0.3) is 0 Å². The van der Waals surface area contributed by atoms with Gasteiger partial charge in [-0.2, -0.15) is 0 Å². The zero-order valence-electron chi connectivity index (χ0n) is 9.93.